The van der Waals surface area contributed by atoms with Crippen LogP contribution in [0.3, 0.4) is 0 Å². The molecule has 0 spiro atoms. The number of hydrogen-bond donors (Lipinski definition) is 3. The predicted molar refractivity (Wildman–Crippen MR) is 113 cm³/mol. The Kier molecular flexibility index (Phi) is 6.00. The lowest BCUT2D eigenvalue weighted by Gasteiger charge is -2.32. The van der Waals surface area contributed by atoms with Crippen LogP contribution in [0, 0.1) is 5.92 Å². The Morgan fingerprint density at radius 1 is 1.30 bits per heavy atom. The Balaban J connectivity index is 1.59. The van der Waals surface area contributed by atoms with Gasteiger partial charge in [-0.05, 0) is 30.9 Å². The van der Waals surface area contributed by atoms with Gasteiger partial charge in [0.15, 0.2) is 0 Å². The van der Waals surface area contributed by atoms with E-state index in [4.69, 9.17) is 0 Å². The van der Waals surface area contributed by atoms with Crippen LogP contribution in [0.2, 0.25) is 0 Å². The largest absolute Gasteiger partial charge is 0.573 e. The van der Waals surface area contributed by atoms with Gasteiger partial charge in [0.2, 0.25) is 17.8 Å². The van der Waals surface area contributed by atoms with Gasteiger partial charge in [0.25, 0.3) is 5.56 Å². The Morgan fingerprint density at radius 3 is 2.82 bits per heavy atom. The fraction of sp³-hybridized carbons (Fsp3) is 0.429. The number of carbonyl (C=O) groups is 2. The van der Waals surface area contributed by atoms with Crippen LogP contribution < -0.4 is 25.8 Å². The first-order valence-electron chi connectivity index (χ1n) is 10.4. The van der Waals surface area contributed by atoms with Crippen LogP contribution in [0.25, 0.3) is 0 Å². The lowest BCUT2D eigenvalue weighted by molar-refractivity contribution is -0.274. The summed E-state index contributed by atoms with van der Waals surface area (Å²) in [5.74, 6) is -2.13. The first-order valence-corrected chi connectivity index (χ1v) is 10.4. The molecule has 1 aromatic heterocycles. The van der Waals surface area contributed by atoms with E-state index in [1.165, 1.54) is 12.1 Å². The quantitative estimate of drug-likeness (QED) is 0.639. The molecular formula is C21H22F3N5O4. The van der Waals surface area contributed by atoms with E-state index in [0.717, 1.165) is 25.0 Å². The van der Waals surface area contributed by atoms with E-state index in [2.05, 4.69) is 32.3 Å². The fourth-order valence-electron chi connectivity index (χ4n) is 4.12. The van der Waals surface area contributed by atoms with Gasteiger partial charge in [0, 0.05) is 31.3 Å². The lowest BCUT2D eigenvalue weighted by atomic mass is 9.92. The number of aromatic nitrogens is 2. The van der Waals surface area contributed by atoms with Crippen molar-refractivity contribution in [1.29, 1.82) is 0 Å². The van der Waals surface area contributed by atoms with E-state index in [1.54, 1.807) is 0 Å². The molecule has 2 aliphatic rings. The molecule has 2 amide bonds. The molecule has 176 valence electrons. The molecule has 33 heavy (non-hydrogen) atoms. The van der Waals surface area contributed by atoms with Crippen molar-refractivity contribution >= 4 is 29.3 Å². The van der Waals surface area contributed by atoms with Gasteiger partial charge in [0.1, 0.15) is 11.6 Å². The zero-order valence-corrected chi connectivity index (χ0v) is 17.7. The third kappa shape index (κ3) is 5.26. The molecular weight excluding hydrogens is 443 g/mol. The molecule has 0 unspecified atom stereocenters. The van der Waals surface area contributed by atoms with E-state index in [9.17, 15) is 27.6 Å². The summed E-state index contributed by atoms with van der Waals surface area (Å²) >= 11 is 0. The lowest BCUT2D eigenvalue weighted by Crippen LogP contribution is -2.40. The van der Waals surface area contributed by atoms with Crippen molar-refractivity contribution in [3.63, 3.8) is 0 Å². The Morgan fingerprint density at radius 2 is 2.09 bits per heavy atom. The van der Waals surface area contributed by atoms with Crippen molar-refractivity contribution in [3.05, 3.63) is 40.2 Å². The van der Waals surface area contributed by atoms with Crippen LogP contribution in [0.5, 0.6) is 5.75 Å². The molecule has 2 aliphatic heterocycles. The van der Waals surface area contributed by atoms with Crippen molar-refractivity contribution in [2.45, 2.75) is 38.5 Å². The summed E-state index contributed by atoms with van der Waals surface area (Å²) in [7, 11) is 0. The number of rotatable bonds is 4. The van der Waals surface area contributed by atoms with Crippen LogP contribution >= 0.6 is 0 Å². The summed E-state index contributed by atoms with van der Waals surface area (Å²) < 4.78 is 41.3. The zero-order chi connectivity index (χ0) is 23.8. The number of ether oxygens (including phenoxy) is 1. The third-order valence-corrected chi connectivity index (χ3v) is 5.55. The highest BCUT2D eigenvalue weighted by Crippen LogP contribution is 2.32. The van der Waals surface area contributed by atoms with Crippen LogP contribution in [0.4, 0.5) is 30.6 Å². The Bertz CT molecular complexity index is 1130. The van der Waals surface area contributed by atoms with Gasteiger partial charge in [-0.15, -0.1) is 13.2 Å². The maximum Gasteiger partial charge on any atom is 0.573 e. The molecule has 1 aromatic carbocycles. The van der Waals surface area contributed by atoms with Gasteiger partial charge in [0.05, 0.1) is 11.5 Å². The SMILES string of the molecule is C[C@H]1CCCN(c2nc3c(c(=O)[nH]2)[C@@H](C(=O)Nc2cccc(OC(F)(F)F)c2)CC(=O)N3)C1. The molecule has 9 nitrogen and oxygen atoms in total. The number of alkyl halides is 3. The number of anilines is 3. The first kappa shape index (κ1) is 22.6. The van der Waals surface area contributed by atoms with E-state index >= 15 is 0 Å². The second kappa shape index (κ2) is 8.75. The van der Waals surface area contributed by atoms with Crippen molar-refractivity contribution in [1.82, 2.24) is 9.97 Å². The third-order valence-electron chi connectivity index (χ3n) is 5.55. The molecule has 12 heteroatoms. The zero-order valence-electron chi connectivity index (χ0n) is 17.7. The summed E-state index contributed by atoms with van der Waals surface area (Å²) in [5, 5.41) is 5.01. The summed E-state index contributed by atoms with van der Waals surface area (Å²) in [6, 6.07) is 4.73. The molecule has 0 radical (unpaired) electrons. The molecule has 3 N–H and O–H groups in total. The van der Waals surface area contributed by atoms with Crippen LogP contribution in [-0.2, 0) is 9.59 Å². The van der Waals surface area contributed by atoms with Crippen LogP contribution in [0.1, 0.15) is 37.7 Å². The number of nitrogens with one attached hydrogen (secondary N) is 3. The molecule has 1 fully saturated rings. The molecule has 0 bridgehead atoms. The predicted octanol–water partition coefficient (Wildman–Crippen LogP) is 2.97. The van der Waals surface area contributed by atoms with Gasteiger partial charge in [-0.25, -0.2) is 0 Å². The van der Waals surface area contributed by atoms with E-state index in [-0.39, 0.29) is 23.5 Å². The monoisotopic (exact) mass is 465 g/mol. The normalized spacial score (nSPS) is 20.6. The summed E-state index contributed by atoms with van der Waals surface area (Å²) in [6.07, 6.45) is -3.18. The van der Waals surface area contributed by atoms with E-state index < -0.39 is 35.4 Å². The molecule has 0 saturated carbocycles. The smallest absolute Gasteiger partial charge is 0.406 e. The maximum atomic E-state index is 12.9. The number of benzene rings is 1. The standard InChI is InChI=1S/C21H22F3N5O4/c1-11-4-3-7-29(10-11)20-27-17-16(19(32)28-20)14(9-15(30)26-17)18(31)25-12-5-2-6-13(8-12)33-21(22,23)24/h2,5-6,8,11,14H,3-4,7,9-10H2,1H3,(H,25,31)(H2,26,27,28,30,32)/t11-,14-/m0/s1. The van der Waals surface area contributed by atoms with Crippen LogP contribution in [0.15, 0.2) is 29.1 Å². The van der Waals surface area contributed by atoms with E-state index in [1.807, 2.05) is 4.90 Å². The summed E-state index contributed by atoms with van der Waals surface area (Å²) in [5.41, 5.74) is -0.524. The second-order valence-electron chi connectivity index (χ2n) is 8.22. The highest BCUT2D eigenvalue weighted by molar-refractivity contribution is 6.04. The first-order chi connectivity index (χ1) is 15.6. The molecule has 3 heterocycles. The van der Waals surface area contributed by atoms with Crippen molar-refractivity contribution in [2.24, 2.45) is 5.92 Å². The average molecular weight is 465 g/mol. The molecule has 2 atom stereocenters. The fourth-order valence-corrected chi connectivity index (χ4v) is 4.12. The van der Waals surface area contributed by atoms with Gasteiger partial charge in [-0.2, -0.15) is 4.98 Å². The number of halogens is 3. The topological polar surface area (TPSA) is 116 Å². The van der Waals surface area contributed by atoms with Crippen molar-refractivity contribution < 1.29 is 27.5 Å². The number of nitrogens with zero attached hydrogens (tertiary/aromatic N) is 2. The average Bonchev–Trinajstić information content (AvgIpc) is 2.71. The number of aromatic amines is 1. The number of carbonyl (C=O) groups excluding carboxylic acids is 2. The number of piperidine rings is 1. The molecule has 1 saturated heterocycles. The number of H-pyrrole nitrogens is 1. The molecule has 2 aromatic rings. The molecule has 4 rings (SSSR count). The van der Waals surface area contributed by atoms with Gasteiger partial charge in [-0.3, -0.25) is 19.4 Å². The van der Waals surface area contributed by atoms with Crippen LogP contribution in [-0.4, -0.2) is 41.2 Å². The number of amides is 2. The van der Waals surface area contributed by atoms with Gasteiger partial charge in [-0.1, -0.05) is 13.0 Å². The second-order valence-corrected chi connectivity index (χ2v) is 8.22. The highest BCUT2D eigenvalue weighted by atomic mass is 19.4. The Hall–Kier alpha value is -3.57. The Labute approximate surface area is 186 Å². The number of fused-ring (bicyclic) bond motifs is 1. The minimum Gasteiger partial charge on any atom is -0.406 e. The van der Waals surface area contributed by atoms with Gasteiger partial charge < -0.3 is 20.3 Å². The number of hydrogen-bond acceptors (Lipinski definition) is 6. The van der Waals surface area contributed by atoms with E-state index in [0.29, 0.717) is 25.0 Å². The maximum absolute atomic E-state index is 12.9. The minimum absolute atomic E-state index is 0.00334. The summed E-state index contributed by atoms with van der Waals surface area (Å²) in [6.45, 7) is 3.51. The minimum atomic E-state index is -4.88. The highest BCUT2D eigenvalue weighted by Gasteiger charge is 2.36. The van der Waals surface area contributed by atoms with Gasteiger partial charge >= 0.3 is 6.36 Å². The van der Waals surface area contributed by atoms with Crippen molar-refractivity contribution in [2.75, 3.05) is 28.6 Å². The molecule has 0 aliphatic carbocycles. The van der Waals surface area contributed by atoms with Crippen molar-refractivity contribution in [3.8, 4) is 5.75 Å². The summed E-state index contributed by atoms with van der Waals surface area (Å²) in [4.78, 5) is 47.1.